The molecule has 0 aliphatic carbocycles. The average molecular weight is 353 g/mol. The molecule has 1 saturated heterocycles. The zero-order valence-corrected chi connectivity index (χ0v) is 13.9. The lowest BCUT2D eigenvalue weighted by Crippen LogP contribution is -2.17. The first-order chi connectivity index (χ1) is 11.6. The Morgan fingerprint density at radius 3 is 2.75 bits per heavy atom. The fraction of sp³-hybridized carbons (Fsp3) is 0. The van der Waals surface area contributed by atoms with Gasteiger partial charge in [-0.2, -0.15) is 0 Å². The highest BCUT2D eigenvalue weighted by Gasteiger charge is 2.22. The summed E-state index contributed by atoms with van der Waals surface area (Å²) in [6.07, 6.45) is 5.17. The molecule has 0 atom stereocenters. The van der Waals surface area contributed by atoms with Crippen LogP contribution >= 0.6 is 24.0 Å². The highest BCUT2D eigenvalue weighted by molar-refractivity contribution is 8.26. The van der Waals surface area contributed by atoms with E-state index in [-0.39, 0.29) is 5.91 Å². The topological polar surface area (TPSA) is 81.1 Å². The number of pyridine rings is 1. The Balaban J connectivity index is 1.80. The van der Waals surface area contributed by atoms with E-state index in [1.54, 1.807) is 18.5 Å². The van der Waals surface area contributed by atoms with Crippen LogP contribution in [-0.4, -0.2) is 15.2 Å². The molecule has 2 aromatic heterocycles. The van der Waals surface area contributed by atoms with Crippen molar-refractivity contribution in [1.82, 2.24) is 10.3 Å². The Labute approximate surface area is 146 Å². The second kappa shape index (κ2) is 5.77. The lowest BCUT2D eigenvalue weighted by atomic mass is 10.1. The molecular formula is C17H11N3O2S2. The third-order valence-corrected chi connectivity index (χ3v) is 4.74. The third-order valence-electron chi connectivity index (χ3n) is 3.58. The number of thiocarbonyl (C=S) groups is 1. The van der Waals surface area contributed by atoms with Gasteiger partial charge in [-0.05, 0) is 23.8 Å². The highest BCUT2D eigenvalue weighted by Crippen LogP contribution is 2.33. The van der Waals surface area contributed by atoms with Gasteiger partial charge in [0.2, 0.25) is 0 Å². The molecule has 1 fully saturated rings. The number of hydrogen-bond acceptors (Lipinski definition) is 6. The molecule has 0 spiro atoms. The SMILES string of the molecule is Nc1ccc(-c2cncc3cc(C=C4SC(=S)NC4=O)oc23)cc1. The Kier molecular flexibility index (Phi) is 3.59. The molecule has 0 saturated carbocycles. The van der Waals surface area contributed by atoms with Gasteiger partial charge in [-0.15, -0.1) is 0 Å². The fourth-order valence-corrected chi connectivity index (χ4v) is 3.50. The lowest BCUT2D eigenvalue weighted by molar-refractivity contribution is -0.115. The normalized spacial score (nSPS) is 16.1. The Hall–Kier alpha value is -2.64. The molecular weight excluding hydrogens is 342 g/mol. The van der Waals surface area contributed by atoms with Gasteiger partial charge in [0.15, 0.2) is 0 Å². The monoisotopic (exact) mass is 353 g/mol. The van der Waals surface area contributed by atoms with Crippen LogP contribution < -0.4 is 11.1 Å². The largest absolute Gasteiger partial charge is 0.456 e. The minimum Gasteiger partial charge on any atom is -0.456 e. The first-order valence-electron chi connectivity index (χ1n) is 7.08. The molecule has 1 amide bonds. The molecule has 3 N–H and O–H groups in total. The van der Waals surface area contributed by atoms with Crippen molar-refractivity contribution in [2.24, 2.45) is 0 Å². The zero-order chi connectivity index (χ0) is 16.7. The summed E-state index contributed by atoms with van der Waals surface area (Å²) in [6, 6.07) is 9.36. The van der Waals surface area contributed by atoms with Gasteiger partial charge in [-0.1, -0.05) is 36.1 Å². The van der Waals surface area contributed by atoms with Crippen molar-refractivity contribution >= 4 is 56.9 Å². The number of furan rings is 1. The number of hydrogen-bond donors (Lipinski definition) is 2. The van der Waals surface area contributed by atoms with E-state index in [0.29, 0.717) is 26.3 Å². The number of nitrogens with one attached hydrogen (secondary N) is 1. The van der Waals surface area contributed by atoms with Crippen LogP contribution in [0.25, 0.3) is 28.2 Å². The molecule has 5 nitrogen and oxygen atoms in total. The summed E-state index contributed by atoms with van der Waals surface area (Å²) < 4.78 is 6.40. The quantitative estimate of drug-likeness (QED) is 0.416. The second-order valence-corrected chi connectivity index (χ2v) is 6.95. The summed E-state index contributed by atoms with van der Waals surface area (Å²) in [5, 5.41) is 3.45. The van der Waals surface area contributed by atoms with Gasteiger partial charge in [0.25, 0.3) is 5.91 Å². The van der Waals surface area contributed by atoms with Crippen LogP contribution in [0.4, 0.5) is 5.69 Å². The van der Waals surface area contributed by atoms with E-state index in [2.05, 4.69) is 10.3 Å². The zero-order valence-electron chi connectivity index (χ0n) is 12.3. The van der Waals surface area contributed by atoms with E-state index < -0.39 is 0 Å². The van der Waals surface area contributed by atoms with Crippen molar-refractivity contribution in [3.05, 3.63) is 53.4 Å². The van der Waals surface area contributed by atoms with Gasteiger partial charge in [-0.3, -0.25) is 9.78 Å². The van der Waals surface area contributed by atoms with E-state index in [1.807, 2.05) is 30.3 Å². The van der Waals surface area contributed by atoms with E-state index in [9.17, 15) is 4.79 Å². The molecule has 7 heteroatoms. The van der Waals surface area contributed by atoms with Gasteiger partial charge in [0, 0.05) is 35.1 Å². The molecule has 3 heterocycles. The minimum absolute atomic E-state index is 0.206. The minimum atomic E-state index is -0.206. The predicted molar refractivity (Wildman–Crippen MR) is 100 cm³/mol. The Morgan fingerprint density at radius 2 is 2.04 bits per heavy atom. The van der Waals surface area contributed by atoms with Gasteiger partial charge < -0.3 is 15.5 Å². The summed E-state index contributed by atoms with van der Waals surface area (Å²) in [5.41, 5.74) is 8.99. The standard InChI is InChI=1S/C17H11N3O2S2/c18-11-3-1-9(2-4-11)13-8-19-7-10-5-12(22-15(10)13)6-14-16(21)20-17(23)24-14/h1-8H,18H2,(H,20,21,23). The van der Waals surface area contributed by atoms with Crippen LogP contribution in [0.15, 0.2) is 52.0 Å². The first kappa shape index (κ1) is 14.9. The summed E-state index contributed by atoms with van der Waals surface area (Å²) in [5.74, 6) is 0.374. The molecule has 1 aliphatic heterocycles. The molecule has 3 aromatic rings. The number of fused-ring (bicyclic) bond motifs is 1. The van der Waals surface area contributed by atoms with E-state index >= 15 is 0 Å². The molecule has 118 valence electrons. The molecule has 0 bridgehead atoms. The lowest BCUT2D eigenvalue weighted by Gasteiger charge is -2.02. The maximum Gasteiger partial charge on any atom is 0.263 e. The van der Waals surface area contributed by atoms with Crippen molar-refractivity contribution in [2.75, 3.05) is 5.73 Å². The van der Waals surface area contributed by atoms with Crippen molar-refractivity contribution in [3.63, 3.8) is 0 Å². The molecule has 24 heavy (non-hydrogen) atoms. The van der Waals surface area contributed by atoms with Crippen LogP contribution in [-0.2, 0) is 4.79 Å². The van der Waals surface area contributed by atoms with Crippen LogP contribution in [0.5, 0.6) is 0 Å². The summed E-state index contributed by atoms with van der Waals surface area (Å²) in [4.78, 5) is 16.6. The van der Waals surface area contributed by atoms with Crippen LogP contribution in [0.1, 0.15) is 5.76 Å². The van der Waals surface area contributed by atoms with Gasteiger partial charge in [0.05, 0.1) is 4.91 Å². The predicted octanol–water partition coefficient (Wildman–Crippen LogP) is 3.57. The molecule has 1 aromatic carbocycles. The number of thioether (sulfide) groups is 1. The molecule has 1 aliphatic rings. The summed E-state index contributed by atoms with van der Waals surface area (Å²) >= 11 is 6.21. The van der Waals surface area contributed by atoms with Crippen molar-refractivity contribution < 1.29 is 9.21 Å². The number of anilines is 1. The number of benzene rings is 1. The molecule has 4 rings (SSSR count). The van der Waals surface area contributed by atoms with E-state index in [4.69, 9.17) is 22.4 Å². The highest BCUT2D eigenvalue weighted by atomic mass is 32.2. The Bertz CT molecular complexity index is 1010. The van der Waals surface area contributed by atoms with Gasteiger partial charge >= 0.3 is 0 Å². The van der Waals surface area contributed by atoms with Crippen LogP contribution in [0.3, 0.4) is 0 Å². The Morgan fingerprint density at radius 1 is 1.25 bits per heavy atom. The average Bonchev–Trinajstić information content (AvgIpc) is 3.10. The van der Waals surface area contributed by atoms with Gasteiger partial charge in [0.1, 0.15) is 15.7 Å². The van der Waals surface area contributed by atoms with E-state index in [0.717, 1.165) is 16.5 Å². The number of nitrogens with zero attached hydrogens (tertiary/aromatic N) is 1. The van der Waals surface area contributed by atoms with Crippen molar-refractivity contribution in [2.45, 2.75) is 0 Å². The number of rotatable bonds is 2. The van der Waals surface area contributed by atoms with Crippen molar-refractivity contribution in [3.8, 4) is 11.1 Å². The van der Waals surface area contributed by atoms with Gasteiger partial charge in [-0.25, -0.2) is 0 Å². The van der Waals surface area contributed by atoms with E-state index in [1.165, 1.54) is 11.8 Å². The number of nitrogens with two attached hydrogens (primary N) is 1. The molecule has 0 radical (unpaired) electrons. The number of amides is 1. The van der Waals surface area contributed by atoms with Crippen molar-refractivity contribution in [1.29, 1.82) is 0 Å². The third kappa shape index (κ3) is 2.68. The summed E-state index contributed by atoms with van der Waals surface area (Å²) in [7, 11) is 0. The first-order valence-corrected chi connectivity index (χ1v) is 8.31. The number of aromatic nitrogens is 1. The number of nitrogen functional groups attached to an aromatic ring is 1. The maximum atomic E-state index is 11.8. The number of carbonyl (C=O) groups excluding carboxylic acids is 1. The fourth-order valence-electron chi connectivity index (χ4n) is 2.47. The van der Waals surface area contributed by atoms with Crippen LogP contribution in [0, 0.1) is 0 Å². The number of carbonyl (C=O) groups is 1. The van der Waals surface area contributed by atoms with Crippen LogP contribution in [0.2, 0.25) is 0 Å². The maximum absolute atomic E-state index is 11.8. The summed E-state index contributed by atoms with van der Waals surface area (Å²) in [6.45, 7) is 0. The molecule has 0 unspecified atom stereocenters. The smallest absolute Gasteiger partial charge is 0.263 e. The second-order valence-electron chi connectivity index (χ2n) is 5.23.